The van der Waals surface area contributed by atoms with Crippen molar-refractivity contribution in [2.24, 2.45) is 0 Å². The van der Waals surface area contributed by atoms with Gasteiger partial charge in [-0.3, -0.25) is 0 Å². The van der Waals surface area contributed by atoms with Gasteiger partial charge in [0.2, 0.25) is 0 Å². The summed E-state index contributed by atoms with van der Waals surface area (Å²) in [6, 6.07) is 28.7. The molecule has 0 aromatic heterocycles. The van der Waals surface area contributed by atoms with Crippen LogP contribution in [0.2, 0.25) is 0 Å². The number of para-hydroxylation sites is 2. The zero-order valence-electron chi connectivity index (χ0n) is 26.6. The summed E-state index contributed by atoms with van der Waals surface area (Å²) >= 11 is 0. The highest BCUT2D eigenvalue weighted by Crippen LogP contribution is 2.62. The first kappa shape index (κ1) is 28.6. The fraction of sp³-hybridized carbons (Fsp3) is 0.282. The Kier molecular flexibility index (Phi) is 7.16. The van der Waals surface area contributed by atoms with Crippen LogP contribution in [0, 0.1) is 0 Å². The third kappa shape index (κ3) is 4.44. The zero-order valence-corrected chi connectivity index (χ0v) is 28.4. The smallest absolute Gasteiger partial charge is 0.123 e. The molecule has 4 heteroatoms. The first-order valence-electron chi connectivity index (χ1n) is 15.7. The van der Waals surface area contributed by atoms with Gasteiger partial charge < -0.3 is 9.80 Å². The second-order valence-electron chi connectivity index (χ2n) is 13.0. The molecule has 1 heterocycles. The monoisotopic (exact) mass is 601 g/mol. The lowest BCUT2D eigenvalue weighted by atomic mass is 10.1. The molecule has 7 rings (SSSR count). The number of allylic oxidation sites excluding steroid dienone is 2. The first-order chi connectivity index (χ1) is 20.7. The number of rotatable bonds is 2. The fourth-order valence-corrected chi connectivity index (χ4v) is 13.8. The largest absolute Gasteiger partial charge is 0.341 e. The van der Waals surface area contributed by atoms with E-state index in [0.29, 0.717) is 11.3 Å². The minimum atomic E-state index is -1.87. The SMILES string of the molecule is CC(C)P1c2ccccc2N(C)c2ccccc2[P+](C)(C(C)C)c2cc3c(cc2N(C)c2cc4c(cc21)CC=C4)CC=C3. The zero-order chi connectivity index (χ0) is 30.0. The average molecular weight is 602 g/mol. The van der Waals surface area contributed by atoms with E-state index in [1.807, 2.05) is 0 Å². The van der Waals surface area contributed by atoms with Crippen molar-refractivity contribution in [2.45, 2.75) is 51.9 Å². The molecule has 2 atom stereocenters. The Morgan fingerprint density at radius 3 is 1.93 bits per heavy atom. The van der Waals surface area contributed by atoms with E-state index in [4.69, 9.17) is 0 Å². The summed E-state index contributed by atoms with van der Waals surface area (Å²) in [6.07, 6.45) is 11.4. The third-order valence-corrected chi connectivity index (χ3v) is 17.6. The highest BCUT2D eigenvalue weighted by Gasteiger charge is 2.47. The number of anilines is 4. The third-order valence-electron chi connectivity index (χ3n) is 10.0. The van der Waals surface area contributed by atoms with Crippen molar-refractivity contribution in [3.05, 3.63) is 107 Å². The van der Waals surface area contributed by atoms with Gasteiger partial charge >= 0.3 is 0 Å². The van der Waals surface area contributed by atoms with Crippen molar-refractivity contribution in [3.8, 4) is 0 Å². The molecular formula is C39H43N2P2+. The second-order valence-corrected chi connectivity index (χ2v) is 19.9. The summed E-state index contributed by atoms with van der Waals surface area (Å²) in [5.41, 5.74) is 12.0. The Bertz CT molecular complexity index is 1800. The van der Waals surface area contributed by atoms with Crippen molar-refractivity contribution in [2.75, 3.05) is 30.6 Å². The summed E-state index contributed by atoms with van der Waals surface area (Å²) in [4.78, 5) is 5.08. The summed E-state index contributed by atoms with van der Waals surface area (Å²) in [6.45, 7) is 12.3. The second kappa shape index (κ2) is 10.8. The molecule has 4 aromatic rings. The van der Waals surface area contributed by atoms with Crippen LogP contribution in [-0.2, 0) is 12.8 Å². The summed E-state index contributed by atoms with van der Waals surface area (Å²) in [5.74, 6) is 0. The van der Waals surface area contributed by atoms with Crippen molar-refractivity contribution >= 4 is 71.3 Å². The molecule has 2 aliphatic carbocycles. The predicted molar refractivity (Wildman–Crippen MR) is 196 cm³/mol. The minimum absolute atomic E-state index is 0.478. The number of hydrogen-bond acceptors (Lipinski definition) is 2. The quantitative estimate of drug-likeness (QED) is 0.213. The Morgan fingerprint density at radius 2 is 1.23 bits per heavy atom. The maximum Gasteiger partial charge on any atom is 0.123 e. The van der Waals surface area contributed by atoms with Gasteiger partial charge in [-0.15, -0.1) is 0 Å². The Labute approximate surface area is 260 Å². The maximum atomic E-state index is 2.59. The van der Waals surface area contributed by atoms with E-state index in [2.05, 4.69) is 155 Å². The first-order valence-corrected chi connectivity index (χ1v) is 19.4. The summed E-state index contributed by atoms with van der Waals surface area (Å²) < 4.78 is 0. The van der Waals surface area contributed by atoms with Gasteiger partial charge in [0.05, 0.1) is 31.0 Å². The number of nitrogens with zero attached hydrogens (tertiary/aromatic N) is 2. The molecule has 0 bridgehead atoms. The van der Waals surface area contributed by atoms with Crippen LogP contribution in [0.3, 0.4) is 0 Å². The van der Waals surface area contributed by atoms with Crippen LogP contribution < -0.4 is 31.0 Å². The maximum absolute atomic E-state index is 2.59. The van der Waals surface area contributed by atoms with Crippen molar-refractivity contribution in [1.29, 1.82) is 0 Å². The lowest BCUT2D eigenvalue weighted by Crippen LogP contribution is -2.37. The van der Waals surface area contributed by atoms with E-state index in [-0.39, 0.29) is 0 Å². The normalized spacial score (nSPS) is 20.3. The van der Waals surface area contributed by atoms with Gasteiger partial charge in [0.15, 0.2) is 0 Å². The van der Waals surface area contributed by atoms with Gasteiger partial charge in [-0.2, -0.15) is 0 Å². The van der Waals surface area contributed by atoms with Crippen LogP contribution in [0.1, 0.15) is 49.9 Å². The molecule has 43 heavy (non-hydrogen) atoms. The molecule has 1 aliphatic heterocycles. The molecule has 0 spiro atoms. The number of benzene rings is 4. The van der Waals surface area contributed by atoms with Gasteiger partial charge in [0.25, 0.3) is 0 Å². The van der Waals surface area contributed by atoms with E-state index < -0.39 is 15.2 Å². The van der Waals surface area contributed by atoms with E-state index in [0.717, 1.165) is 12.8 Å². The van der Waals surface area contributed by atoms with Crippen molar-refractivity contribution < 1.29 is 0 Å². The molecule has 218 valence electrons. The standard InChI is InChI=1S/C39H43N2P2/c1-26(2)42-36-20-10-8-18-32(36)40(5)33-19-9-11-21-38(33)43(7,27(3)4)39-25-31-17-13-15-29(31)23-35(39)41(6)34-22-28-14-12-16-30(28)24-37(34)42/h8-14,17-27H,15-16H2,1-7H3/q+1. The van der Waals surface area contributed by atoms with Crippen LogP contribution in [-0.4, -0.2) is 32.1 Å². The highest BCUT2D eigenvalue weighted by molar-refractivity contribution is 7.90. The molecule has 0 fully saturated rings. The number of hydrogen-bond donors (Lipinski definition) is 0. The minimum Gasteiger partial charge on any atom is -0.341 e. The highest BCUT2D eigenvalue weighted by atomic mass is 31.2. The summed E-state index contributed by atoms with van der Waals surface area (Å²) in [7, 11) is 2.11. The predicted octanol–water partition coefficient (Wildman–Crippen LogP) is 8.52. The average Bonchev–Trinajstić information content (AvgIpc) is 3.67. The van der Waals surface area contributed by atoms with Crippen molar-refractivity contribution in [3.63, 3.8) is 0 Å². The number of fused-ring (bicyclic) bond motifs is 6. The molecule has 0 N–H and O–H groups in total. The molecule has 0 amide bonds. The Balaban J connectivity index is 1.64. The van der Waals surface area contributed by atoms with E-state index in [9.17, 15) is 0 Å². The molecule has 4 aromatic carbocycles. The van der Waals surface area contributed by atoms with Crippen LogP contribution in [0.15, 0.2) is 84.9 Å². The Morgan fingerprint density at radius 1 is 0.628 bits per heavy atom. The van der Waals surface area contributed by atoms with Gasteiger partial charge in [-0.1, -0.05) is 68.5 Å². The van der Waals surface area contributed by atoms with Gasteiger partial charge in [0, 0.05) is 36.1 Å². The molecule has 0 saturated carbocycles. The molecule has 0 saturated heterocycles. The van der Waals surface area contributed by atoms with E-state index in [1.54, 1.807) is 0 Å². The van der Waals surface area contributed by atoms with Crippen LogP contribution in [0.4, 0.5) is 22.7 Å². The fourth-order valence-electron chi connectivity index (χ4n) is 7.39. The van der Waals surface area contributed by atoms with Crippen LogP contribution in [0.25, 0.3) is 12.2 Å². The molecular weight excluding hydrogens is 558 g/mol. The summed E-state index contributed by atoms with van der Waals surface area (Å²) in [5, 5.41) is 5.97. The topological polar surface area (TPSA) is 6.48 Å². The van der Waals surface area contributed by atoms with Gasteiger partial charge in [0.1, 0.15) is 10.6 Å². The van der Waals surface area contributed by atoms with Crippen LogP contribution in [0.5, 0.6) is 0 Å². The lowest BCUT2D eigenvalue weighted by molar-refractivity contribution is 1.08. The lowest BCUT2D eigenvalue weighted by Gasteiger charge is -2.38. The van der Waals surface area contributed by atoms with Crippen LogP contribution >= 0.6 is 15.2 Å². The molecule has 0 radical (unpaired) electrons. The molecule has 2 nitrogen and oxygen atoms in total. The Hall–Kier alpha value is -3.18. The van der Waals surface area contributed by atoms with Crippen molar-refractivity contribution in [1.82, 2.24) is 0 Å². The molecule has 2 unspecified atom stereocenters. The van der Waals surface area contributed by atoms with Gasteiger partial charge in [-0.25, -0.2) is 0 Å². The molecule has 3 aliphatic rings. The van der Waals surface area contributed by atoms with Gasteiger partial charge in [-0.05, 0) is 105 Å². The van der Waals surface area contributed by atoms with E-state index in [1.165, 1.54) is 66.2 Å². The van der Waals surface area contributed by atoms with E-state index >= 15 is 0 Å².